The predicted molar refractivity (Wildman–Crippen MR) is 54.4 cm³/mol. The van der Waals surface area contributed by atoms with Crippen molar-refractivity contribution in [2.75, 3.05) is 13.1 Å². The van der Waals surface area contributed by atoms with Crippen LogP contribution in [0.5, 0.6) is 0 Å². The molecule has 0 aromatic carbocycles. The Balaban J connectivity index is 2.68. The Morgan fingerprint density at radius 1 is 1.62 bits per heavy atom. The molecule has 0 aliphatic carbocycles. The highest BCUT2D eigenvalue weighted by molar-refractivity contribution is 5.75. The molecule has 13 heavy (non-hydrogen) atoms. The van der Waals surface area contributed by atoms with Gasteiger partial charge in [0, 0.05) is 20.0 Å². The van der Waals surface area contributed by atoms with Gasteiger partial charge < -0.3 is 4.90 Å². The molecule has 0 spiro atoms. The van der Waals surface area contributed by atoms with Crippen molar-refractivity contribution in [2.45, 2.75) is 26.7 Å². The number of carbonyl (C=O) groups excluding carboxylic acids is 1. The summed E-state index contributed by atoms with van der Waals surface area (Å²) in [6, 6.07) is 0. The lowest BCUT2D eigenvalue weighted by atomic mass is 10.1. The first-order valence-corrected chi connectivity index (χ1v) is 4.77. The third kappa shape index (κ3) is 2.20. The molecule has 1 aliphatic heterocycles. The summed E-state index contributed by atoms with van der Waals surface area (Å²) < 4.78 is 0. The zero-order chi connectivity index (χ0) is 9.84. The van der Waals surface area contributed by atoms with Crippen molar-refractivity contribution in [3.8, 4) is 0 Å². The topological polar surface area (TPSA) is 20.3 Å². The summed E-state index contributed by atoms with van der Waals surface area (Å²) in [5.41, 5.74) is 2.63. The maximum atomic E-state index is 11.1. The van der Waals surface area contributed by atoms with Crippen molar-refractivity contribution in [3.05, 3.63) is 23.8 Å². The van der Waals surface area contributed by atoms with E-state index in [0.717, 1.165) is 25.9 Å². The Morgan fingerprint density at radius 2 is 2.31 bits per heavy atom. The van der Waals surface area contributed by atoms with Crippen molar-refractivity contribution in [3.63, 3.8) is 0 Å². The van der Waals surface area contributed by atoms with Crippen LogP contribution in [0.2, 0.25) is 0 Å². The Bertz CT molecular complexity index is 253. The fourth-order valence-electron chi connectivity index (χ4n) is 1.68. The number of amides is 1. The normalized spacial score (nSPS) is 16.6. The van der Waals surface area contributed by atoms with Gasteiger partial charge in [-0.1, -0.05) is 26.0 Å². The van der Waals surface area contributed by atoms with E-state index < -0.39 is 0 Å². The lowest BCUT2D eigenvalue weighted by molar-refractivity contribution is -0.127. The molecule has 0 N–H and O–H groups in total. The average Bonchev–Trinajstić information content (AvgIpc) is 2.48. The predicted octanol–water partition coefficient (Wildman–Crippen LogP) is 2.13. The monoisotopic (exact) mass is 179 g/mol. The highest BCUT2D eigenvalue weighted by Gasteiger charge is 2.20. The first-order chi connectivity index (χ1) is 6.19. The summed E-state index contributed by atoms with van der Waals surface area (Å²) >= 11 is 0. The lowest BCUT2D eigenvalue weighted by Gasteiger charge is -2.13. The van der Waals surface area contributed by atoms with E-state index in [4.69, 9.17) is 0 Å². The SMILES string of the molecule is C=CC1=C(CCC)CN(C(C)=O)C1. The second-order valence-corrected chi connectivity index (χ2v) is 3.46. The van der Waals surface area contributed by atoms with Gasteiger partial charge in [0.2, 0.25) is 5.91 Å². The summed E-state index contributed by atoms with van der Waals surface area (Å²) in [6.45, 7) is 9.12. The number of hydrogen-bond donors (Lipinski definition) is 0. The summed E-state index contributed by atoms with van der Waals surface area (Å²) in [5, 5.41) is 0. The summed E-state index contributed by atoms with van der Waals surface area (Å²) in [5.74, 6) is 0.158. The molecule has 0 radical (unpaired) electrons. The van der Waals surface area contributed by atoms with Crippen LogP contribution in [0.4, 0.5) is 0 Å². The van der Waals surface area contributed by atoms with E-state index in [1.54, 1.807) is 6.92 Å². The summed E-state index contributed by atoms with van der Waals surface area (Å²) in [7, 11) is 0. The van der Waals surface area contributed by atoms with Crippen molar-refractivity contribution < 1.29 is 4.79 Å². The third-order valence-corrected chi connectivity index (χ3v) is 2.44. The first-order valence-electron chi connectivity index (χ1n) is 4.77. The van der Waals surface area contributed by atoms with Crippen molar-refractivity contribution >= 4 is 5.91 Å². The molecule has 1 amide bonds. The largest absolute Gasteiger partial charge is 0.335 e. The van der Waals surface area contributed by atoms with Crippen LogP contribution < -0.4 is 0 Å². The Morgan fingerprint density at radius 3 is 2.77 bits per heavy atom. The van der Waals surface area contributed by atoms with Gasteiger partial charge in [-0.15, -0.1) is 0 Å². The molecule has 0 atom stereocenters. The first kappa shape index (κ1) is 10.0. The van der Waals surface area contributed by atoms with E-state index in [-0.39, 0.29) is 5.91 Å². The van der Waals surface area contributed by atoms with E-state index in [2.05, 4.69) is 13.5 Å². The van der Waals surface area contributed by atoms with Crippen LogP contribution in [0, 0.1) is 0 Å². The molecule has 0 saturated heterocycles. The minimum absolute atomic E-state index is 0.158. The standard InChI is InChI=1S/C11H17NO/c1-4-6-11-8-12(9(3)13)7-10(11)5-2/h5H,2,4,6-8H2,1,3H3. The van der Waals surface area contributed by atoms with Gasteiger partial charge >= 0.3 is 0 Å². The van der Waals surface area contributed by atoms with Gasteiger partial charge in [0.1, 0.15) is 0 Å². The molecule has 1 aliphatic rings. The molecule has 0 aromatic rings. The van der Waals surface area contributed by atoms with E-state index >= 15 is 0 Å². The molecule has 72 valence electrons. The maximum absolute atomic E-state index is 11.1. The van der Waals surface area contributed by atoms with Gasteiger partial charge in [-0.25, -0.2) is 0 Å². The van der Waals surface area contributed by atoms with Gasteiger partial charge in [0.05, 0.1) is 0 Å². The highest BCUT2D eigenvalue weighted by Crippen LogP contribution is 2.21. The van der Waals surface area contributed by atoms with Gasteiger partial charge in [0.15, 0.2) is 0 Å². The van der Waals surface area contributed by atoms with Gasteiger partial charge in [-0.3, -0.25) is 4.79 Å². The zero-order valence-electron chi connectivity index (χ0n) is 8.47. The van der Waals surface area contributed by atoms with Crippen LogP contribution in [-0.4, -0.2) is 23.9 Å². The van der Waals surface area contributed by atoms with Crippen LogP contribution in [0.25, 0.3) is 0 Å². The van der Waals surface area contributed by atoms with E-state index in [9.17, 15) is 4.79 Å². The highest BCUT2D eigenvalue weighted by atomic mass is 16.2. The lowest BCUT2D eigenvalue weighted by Crippen LogP contribution is -2.26. The molecule has 2 nitrogen and oxygen atoms in total. The quantitative estimate of drug-likeness (QED) is 0.650. The van der Waals surface area contributed by atoms with Crippen LogP contribution in [0.3, 0.4) is 0 Å². The maximum Gasteiger partial charge on any atom is 0.220 e. The van der Waals surface area contributed by atoms with E-state index in [1.165, 1.54) is 11.1 Å². The Kier molecular flexibility index (Phi) is 3.29. The minimum atomic E-state index is 0.158. The van der Waals surface area contributed by atoms with E-state index in [1.807, 2.05) is 11.0 Å². The van der Waals surface area contributed by atoms with Crippen LogP contribution in [0.15, 0.2) is 23.8 Å². The summed E-state index contributed by atoms with van der Waals surface area (Å²) in [4.78, 5) is 13.0. The molecule has 0 bridgehead atoms. The second-order valence-electron chi connectivity index (χ2n) is 3.46. The molecule has 2 heteroatoms. The van der Waals surface area contributed by atoms with Crippen molar-refractivity contribution in [1.82, 2.24) is 4.90 Å². The fraction of sp³-hybridized carbons (Fsp3) is 0.545. The molecule has 0 saturated carbocycles. The number of nitrogens with zero attached hydrogens (tertiary/aromatic N) is 1. The number of rotatable bonds is 3. The molecule has 1 heterocycles. The fourth-order valence-corrected chi connectivity index (χ4v) is 1.68. The molecule has 0 aromatic heterocycles. The van der Waals surface area contributed by atoms with Crippen molar-refractivity contribution in [1.29, 1.82) is 0 Å². The van der Waals surface area contributed by atoms with Gasteiger partial charge in [-0.2, -0.15) is 0 Å². The van der Waals surface area contributed by atoms with E-state index in [0.29, 0.717) is 0 Å². The molecule has 0 unspecified atom stereocenters. The smallest absolute Gasteiger partial charge is 0.220 e. The van der Waals surface area contributed by atoms with Crippen LogP contribution in [-0.2, 0) is 4.79 Å². The average molecular weight is 179 g/mol. The van der Waals surface area contributed by atoms with Crippen molar-refractivity contribution in [2.24, 2.45) is 0 Å². The number of carbonyl (C=O) groups is 1. The molecular weight excluding hydrogens is 162 g/mol. The van der Waals surface area contributed by atoms with Crippen LogP contribution >= 0.6 is 0 Å². The third-order valence-electron chi connectivity index (χ3n) is 2.44. The molecule has 1 rings (SSSR count). The van der Waals surface area contributed by atoms with Crippen LogP contribution in [0.1, 0.15) is 26.7 Å². The number of hydrogen-bond acceptors (Lipinski definition) is 1. The zero-order valence-corrected chi connectivity index (χ0v) is 8.47. The van der Waals surface area contributed by atoms with Gasteiger partial charge in [-0.05, 0) is 17.6 Å². The molecular formula is C11H17NO. The second kappa shape index (κ2) is 4.26. The minimum Gasteiger partial charge on any atom is -0.335 e. The Hall–Kier alpha value is -1.05. The van der Waals surface area contributed by atoms with Gasteiger partial charge in [0.25, 0.3) is 0 Å². The Labute approximate surface area is 79.9 Å². The summed E-state index contributed by atoms with van der Waals surface area (Å²) in [6.07, 6.45) is 4.11. The molecule has 0 fully saturated rings.